The molecule has 2 aromatic heterocycles. The van der Waals surface area contributed by atoms with E-state index in [0.717, 1.165) is 50.9 Å². The van der Waals surface area contributed by atoms with Gasteiger partial charge < -0.3 is 26.2 Å². The van der Waals surface area contributed by atoms with Gasteiger partial charge in [0.05, 0.1) is 22.1 Å². The number of alkyl halides is 3. The molecule has 2 aromatic rings. The average molecular weight is 569 g/mol. The normalized spacial score (nSPS) is 20.1. The second-order valence-corrected chi connectivity index (χ2v) is 9.82. The topological polar surface area (TPSA) is 174 Å². The molecular formula is C18H12F3N6NaO5S3. The van der Waals surface area contributed by atoms with E-state index >= 15 is 0 Å². The Morgan fingerprint density at radius 1 is 1.33 bits per heavy atom. The number of hydrogen-bond donors (Lipinski definition) is 3. The van der Waals surface area contributed by atoms with Crippen LogP contribution in [0.25, 0.3) is 6.08 Å². The number of aromatic nitrogens is 2. The number of halogens is 3. The Morgan fingerprint density at radius 2 is 2.06 bits per heavy atom. The number of nitrogens with one attached hydrogen (secondary N) is 1. The van der Waals surface area contributed by atoms with Crippen LogP contribution >= 0.6 is 34.4 Å². The molecule has 2 aliphatic heterocycles. The molecule has 1 fully saturated rings. The molecule has 11 nitrogen and oxygen atoms in total. The van der Waals surface area contributed by atoms with Crippen LogP contribution in [0.4, 0.5) is 18.3 Å². The van der Waals surface area contributed by atoms with Gasteiger partial charge in [-0.1, -0.05) is 11.2 Å². The smallest absolute Gasteiger partial charge is 0.543 e. The van der Waals surface area contributed by atoms with Crippen molar-refractivity contribution in [3.8, 4) is 0 Å². The van der Waals surface area contributed by atoms with Gasteiger partial charge in [0, 0.05) is 11.1 Å². The van der Waals surface area contributed by atoms with Crippen LogP contribution in [0.5, 0.6) is 0 Å². The van der Waals surface area contributed by atoms with Gasteiger partial charge in [0.15, 0.2) is 16.5 Å². The van der Waals surface area contributed by atoms with E-state index in [4.69, 9.17) is 5.73 Å². The second kappa shape index (κ2) is 10.9. The fourth-order valence-electron chi connectivity index (χ4n) is 3.34. The third-order valence-corrected chi connectivity index (χ3v) is 7.63. The van der Waals surface area contributed by atoms with Crippen LogP contribution in [0.2, 0.25) is 0 Å². The van der Waals surface area contributed by atoms with Crippen molar-refractivity contribution in [3.63, 3.8) is 0 Å². The molecule has 2 atom stereocenters. The molecule has 0 spiro atoms. The van der Waals surface area contributed by atoms with E-state index in [0.29, 0.717) is 0 Å². The number of oxime groups is 1. The first-order valence-corrected chi connectivity index (χ1v) is 12.2. The number of carbonyl (C=O) groups excluding carboxylic acids is 3. The van der Waals surface area contributed by atoms with E-state index in [1.165, 1.54) is 11.5 Å². The van der Waals surface area contributed by atoms with Crippen molar-refractivity contribution in [2.24, 2.45) is 5.16 Å². The molecule has 1 saturated heterocycles. The van der Waals surface area contributed by atoms with Crippen LogP contribution in [0.1, 0.15) is 16.3 Å². The zero-order valence-electron chi connectivity index (χ0n) is 18.0. The predicted octanol–water partition coefficient (Wildman–Crippen LogP) is -2.50. The number of nitrogens with two attached hydrogens (primary N) is 1. The molecular weight excluding hydrogens is 556 g/mol. The van der Waals surface area contributed by atoms with Crippen LogP contribution in [0.3, 0.4) is 0 Å². The van der Waals surface area contributed by atoms with Crippen molar-refractivity contribution >= 4 is 69.1 Å². The van der Waals surface area contributed by atoms with E-state index in [1.807, 2.05) is 0 Å². The standard InChI is InChI=1S/C18H13F3N6O5S3.Na/c19-18(20,21)12-8(35-5-23-12)2-1-6-3-33-15-10(14(29)27(15)11(6)16(30)31)25-13(28)9(26-32)7-4-34-17(22)24-7;/h1-2,4-5,10,15,32H,3H2,(H2,22,24)(H,25,28)(H,30,31);/q;+1/p-1/t10?,15-;/m0./s1. The SMILES string of the molecule is Nc1nc(C(=NO)C(=O)NC2C(=O)N3C(C(=O)[O-])=C(C=Cc4scnc4C(F)(F)F)CS[C@@H]23)cs1.[Na+]. The van der Waals surface area contributed by atoms with Gasteiger partial charge >= 0.3 is 35.7 Å². The van der Waals surface area contributed by atoms with Crippen molar-refractivity contribution in [2.75, 3.05) is 11.5 Å². The molecule has 0 saturated carbocycles. The number of carboxylic acids is 1. The van der Waals surface area contributed by atoms with Crippen LogP contribution in [0.15, 0.2) is 33.4 Å². The minimum atomic E-state index is -4.68. The number of nitrogens with zero attached hydrogens (tertiary/aromatic N) is 4. The summed E-state index contributed by atoms with van der Waals surface area (Å²) in [6.07, 6.45) is -2.44. The Hall–Kier alpha value is -2.44. The van der Waals surface area contributed by atoms with Gasteiger partial charge in [-0.2, -0.15) is 13.2 Å². The summed E-state index contributed by atoms with van der Waals surface area (Å²) in [5.41, 5.74) is 4.44. The van der Waals surface area contributed by atoms with Crippen molar-refractivity contribution < 1.29 is 67.4 Å². The summed E-state index contributed by atoms with van der Waals surface area (Å²) in [6, 6.07) is -1.15. The van der Waals surface area contributed by atoms with Gasteiger partial charge in [-0.15, -0.1) is 34.4 Å². The summed E-state index contributed by atoms with van der Waals surface area (Å²) in [4.78, 5) is 44.8. The fraction of sp³-hybridized carbons (Fsp3) is 0.222. The van der Waals surface area contributed by atoms with Gasteiger partial charge in [-0.25, -0.2) is 9.97 Å². The molecule has 18 heteroatoms. The molecule has 2 amide bonds. The Bertz CT molecular complexity index is 1310. The molecule has 0 bridgehead atoms. The van der Waals surface area contributed by atoms with Crippen LogP contribution in [0, 0.1) is 0 Å². The average Bonchev–Trinajstić information content (AvgIpc) is 3.44. The summed E-state index contributed by atoms with van der Waals surface area (Å²) in [7, 11) is 0. The maximum atomic E-state index is 13.0. The monoisotopic (exact) mass is 568 g/mol. The molecule has 184 valence electrons. The Balaban J connectivity index is 0.00000361. The van der Waals surface area contributed by atoms with E-state index in [9.17, 15) is 37.9 Å². The number of carbonyl (C=O) groups is 3. The van der Waals surface area contributed by atoms with Crippen molar-refractivity contribution in [1.82, 2.24) is 20.2 Å². The molecule has 2 aliphatic rings. The fourth-order valence-corrected chi connectivity index (χ4v) is 5.91. The Kier molecular flexibility index (Phi) is 8.51. The van der Waals surface area contributed by atoms with Crippen molar-refractivity contribution in [1.29, 1.82) is 0 Å². The number of allylic oxidation sites excluding steroid dienone is 1. The minimum absolute atomic E-state index is 0. The number of thiazole rings is 2. The molecule has 1 unspecified atom stereocenters. The number of β-lactam (4-membered cyclic amide) rings is 1. The first-order valence-electron chi connectivity index (χ1n) is 9.35. The molecule has 0 aromatic carbocycles. The first-order chi connectivity index (χ1) is 16.5. The zero-order chi connectivity index (χ0) is 25.5. The first kappa shape index (κ1) is 28.1. The summed E-state index contributed by atoms with van der Waals surface area (Å²) < 4.78 is 39.1. The molecule has 4 rings (SSSR count). The van der Waals surface area contributed by atoms with Crippen molar-refractivity contribution in [3.05, 3.63) is 44.5 Å². The maximum absolute atomic E-state index is 13.0. The molecule has 0 radical (unpaired) electrons. The second-order valence-electron chi connectivity index (χ2n) is 6.94. The minimum Gasteiger partial charge on any atom is -0.543 e. The third-order valence-electron chi connectivity index (χ3n) is 4.86. The molecule has 4 N–H and O–H groups in total. The van der Waals surface area contributed by atoms with Gasteiger partial charge in [0.1, 0.15) is 17.1 Å². The number of rotatable bonds is 6. The van der Waals surface area contributed by atoms with Crippen LogP contribution < -0.4 is 45.7 Å². The quantitative estimate of drug-likeness (QED) is 0.112. The summed E-state index contributed by atoms with van der Waals surface area (Å²) in [6.45, 7) is 0. The third kappa shape index (κ3) is 5.30. The zero-order valence-corrected chi connectivity index (χ0v) is 22.4. The number of hydrogen-bond acceptors (Lipinski definition) is 12. The van der Waals surface area contributed by atoms with E-state index in [1.54, 1.807) is 0 Å². The van der Waals surface area contributed by atoms with Crippen LogP contribution in [-0.2, 0) is 20.6 Å². The van der Waals surface area contributed by atoms with Gasteiger partial charge in [-0.3, -0.25) is 14.5 Å². The number of nitrogen functional groups attached to an aromatic ring is 1. The van der Waals surface area contributed by atoms with E-state index in [-0.39, 0.29) is 56.6 Å². The number of amides is 2. The molecule has 36 heavy (non-hydrogen) atoms. The van der Waals surface area contributed by atoms with Crippen LogP contribution in [-0.4, -0.2) is 60.7 Å². The van der Waals surface area contributed by atoms with Gasteiger partial charge in [0.2, 0.25) is 0 Å². The summed E-state index contributed by atoms with van der Waals surface area (Å²) in [5, 5.41) is 26.9. The summed E-state index contributed by atoms with van der Waals surface area (Å²) in [5.74, 6) is -3.43. The van der Waals surface area contributed by atoms with E-state index in [2.05, 4.69) is 20.4 Å². The molecule has 0 aliphatic carbocycles. The van der Waals surface area contributed by atoms with Crippen molar-refractivity contribution in [2.45, 2.75) is 17.6 Å². The predicted molar refractivity (Wildman–Crippen MR) is 118 cm³/mol. The Morgan fingerprint density at radius 3 is 2.64 bits per heavy atom. The van der Waals surface area contributed by atoms with Gasteiger partial charge in [0.25, 0.3) is 11.8 Å². The van der Waals surface area contributed by atoms with E-state index < -0.39 is 52.5 Å². The Labute approximate surface area is 234 Å². The number of fused-ring (bicyclic) bond motifs is 1. The number of carboxylic acid groups (broad SMARTS) is 1. The van der Waals surface area contributed by atoms with Gasteiger partial charge in [-0.05, 0) is 11.6 Å². The summed E-state index contributed by atoms with van der Waals surface area (Å²) >= 11 is 2.80. The number of thioether (sulfide) groups is 1. The number of aliphatic carboxylic acids is 1. The maximum Gasteiger partial charge on any atom is 1.00 e. The largest absolute Gasteiger partial charge is 1.00 e. The number of anilines is 1. The molecule has 4 heterocycles.